The van der Waals surface area contributed by atoms with E-state index in [0.717, 1.165) is 21.7 Å². The number of amides is 2. The van der Waals surface area contributed by atoms with Gasteiger partial charge >= 0.3 is 0 Å². The lowest BCUT2D eigenvalue weighted by Crippen LogP contribution is -2.54. The average molecular weight is 598 g/mol. The largest absolute Gasteiger partial charge is 0.352 e. The Labute approximate surface area is 247 Å². The van der Waals surface area contributed by atoms with E-state index >= 15 is 0 Å². The molecule has 218 valence electrons. The van der Waals surface area contributed by atoms with E-state index in [1.54, 1.807) is 36.4 Å². The Balaban J connectivity index is 2.07. The smallest absolute Gasteiger partial charge is 0.244 e. The third-order valence-corrected chi connectivity index (χ3v) is 8.15. The van der Waals surface area contributed by atoms with Crippen LogP contribution in [0.1, 0.15) is 48.7 Å². The highest BCUT2D eigenvalue weighted by atomic mass is 35.5. The summed E-state index contributed by atoms with van der Waals surface area (Å²) in [5.41, 5.74) is 2.07. The summed E-state index contributed by atoms with van der Waals surface area (Å²) in [6.07, 6.45) is 1.92. The van der Waals surface area contributed by atoms with Crippen molar-refractivity contribution in [3.05, 3.63) is 101 Å². The number of ketones is 1. The minimum absolute atomic E-state index is 0.0481. The Morgan fingerprint density at radius 3 is 2.17 bits per heavy atom. The molecular formula is C31H36ClN3O5S. The SMILES string of the molecule is CC[C@@H](C)NC(=O)[C@@H](Cc1ccccc1)N(Cc1ccc(Cl)cc1)C(=O)CN(c1cccc(C(C)=O)c1)S(C)(=O)=O. The molecule has 0 bridgehead atoms. The van der Waals surface area contributed by atoms with Crippen LogP contribution in [0.4, 0.5) is 5.69 Å². The van der Waals surface area contributed by atoms with E-state index in [1.165, 1.54) is 24.0 Å². The monoisotopic (exact) mass is 597 g/mol. The third kappa shape index (κ3) is 9.16. The molecule has 10 heteroatoms. The third-order valence-electron chi connectivity index (χ3n) is 6.76. The molecule has 8 nitrogen and oxygen atoms in total. The van der Waals surface area contributed by atoms with Gasteiger partial charge in [0, 0.05) is 29.6 Å². The zero-order valence-corrected chi connectivity index (χ0v) is 25.3. The van der Waals surface area contributed by atoms with Crippen molar-refractivity contribution in [2.45, 2.75) is 52.2 Å². The maximum absolute atomic E-state index is 14.1. The van der Waals surface area contributed by atoms with E-state index in [9.17, 15) is 22.8 Å². The van der Waals surface area contributed by atoms with Crippen LogP contribution in [0.5, 0.6) is 0 Å². The second kappa shape index (κ2) is 14.3. The van der Waals surface area contributed by atoms with Crippen LogP contribution in [0.3, 0.4) is 0 Å². The summed E-state index contributed by atoms with van der Waals surface area (Å²) in [5, 5.41) is 3.52. The summed E-state index contributed by atoms with van der Waals surface area (Å²) in [6.45, 7) is 4.71. The molecule has 0 heterocycles. The number of hydrogen-bond donors (Lipinski definition) is 1. The van der Waals surface area contributed by atoms with E-state index in [0.29, 0.717) is 17.0 Å². The number of hydrogen-bond acceptors (Lipinski definition) is 5. The minimum atomic E-state index is -3.94. The van der Waals surface area contributed by atoms with Crippen molar-refractivity contribution in [1.82, 2.24) is 10.2 Å². The predicted molar refractivity (Wildman–Crippen MR) is 162 cm³/mol. The van der Waals surface area contributed by atoms with E-state index in [4.69, 9.17) is 11.6 Å². The van der Waals surface area contributed by atoms with Crippen LogP contribution >= 0.6 is 11.6 Å². The van der Waals surface area contributed by atoms with Gasteiger partial charge in [0.2, 0.25) is 21.8 Å². The Morgan fingerprint density at radius 2 is 1.59 bits per heavy atom. The molecule has 0 aliphatic carbocycles. The fraction of sp³-hybridized carbons (Fsp3) is 0.323. The van der Waals surface area contributed by atoms with Crippen LogP contribution in [0.2, 0.25) is 5.02 Å². The van der Waals surface area contributed by atoms with Gasteiger partial charge in [-0.3, -0.25) is 18.7 Å². The second-order valence-electron chi connectivity index (χ2n) is 10.0. The number of anilines is 1. The number of benzene rings is 3. The van der Waals surface area contributed by atoms with Crippen molar-refractivity contribution >= 4 is 44.9 Å². The van der Waals surface area contributed by atoms with Crippen LogP contribution in [-0.4, -0.2) is 55.8 Å². The molecule has 0 aliphatic rings. The molecule has 0 aliphatic heterocycles. The highest BCUT2D eigenvalue weighted by Crippen LogP contribution is 2.22. The van der Waals surface area contributed by atoms with Gasteiger partial charge in [-0.2, -0.15) is 0 Å². The van der Waals surface area contributed by atoms with Gasteiger partial charge in [-0.25, -0.2) is 8.42 Å². The zero-order chi connectivity index (χ0) is 30.2. The van der Waals surface area contributed by atoms with E-state index < -0.39 is 28.5 Å². The molecule has 1 N–H and O–H groups in total. The minimum Gasteiger partial charge on any atom is -0.352 e. The molecule has 0 aromatic heterocycles. The standard InChI is InChI=1S/C31H36ClN3O5S/c1-5-22(2)33-31(38)29(18-24-10-7-6-8-11-24)34(20-25-14-16-27(32)17-15-25)30(37)21-35(41(4,39)40)28-13-9-12-26(19-28)23(3)36/h6-17,19,22,29H,5,18,20-21H2,1-4H3,(H,33,38)/t22-,29-/m1/s1. The number of carbonyl (C=O) groups excluding carboxylic acids is 3. The summed E-state index contributed by atoms with van der Waals surface area (Å²) >= 11 is 6.08. The van der Waals surface area contributed by atoms with Gasteiger partial charge < -0.3 is 10.2 Å². The van der Waals surface area contributed by atoms with Crippen LogP contribution in [0.25, 0.3) is 0 Å². The van der Waals surface area contributed by atoms with Crippen molar-refractivity contribution < 1.29 is 22.8 Å². The number of sulfonamides is 1. The normalized spacial score (nSPS) is 12.7. The summed E-state index contributed by atoms with van der Waals surface area (Å²) in [4.78, 5) is 41.2. The average Bonchev–Trinajstić information content (AvgIpc) is 2.94. The quantitative estimate of drug-likeness (QED) is 0.283. The summed E-state index contributed by atoms with van der Waals surface area (Å²) < 4.78 is 26.8. The van der Waals surface area contributed by atoms with Crippen molar-refractivity contribution in [2.75, 3.05) is 17.1 Å². The second-order valence-corrected chi connectivity index (χ2v) is 12.4. The van der Waals surface area contributed by atoms with E-state index in [-0.39, 0.29) is 36.4 Å². The topological polar surface area (TPSA) is 104 Å². The van der Waals surface area contributed by atoms with Gasteiger partial charge in [0.1, 0.15) is 12.6 Å². The molecule has 0 radical (unpaired) electrons. The molecule has 0 spiro atoms. The summed E-state index contributed by atoms with van der Waals surface area (Å²) in [6, 6.07) is 21.3. The molecule has 2 amide bonds. The Kier molecular flexibility index (Phi) is 11.1. The molecule has 0 unspecified atom stereocenters. The van der Waals surface area contributed by atoms with Gasteiger partial charge in [-0.1, -0.05) is 73.1 Å². The van der Waals surface area contributed by atoms with Crippen molar-refractivity contribution in [3.8, 4) is 0 Å². The molecule has 2 atom stereocenters. The van der Waals surface area contributed by atoms with Gasteiger partial charge in [-0.05, 0) is 55.7 Å². The molecule has 0 saturated carbocycles. The molecule has 41 heavy (non-hydrogen) atoms. The van der Waals surface area contributed by atoms with Crippen molar-refractivity contribution in [2.24, 2.45) is 0 Å². The van der Waals surface area contributed by atoms with Crippen LogP contribution in [-0.2, 0) is 32.6 Å². The fourth-order valence-electron chi connectivity index (χ4n) is 4.28. The Morgan fingerprint density at radius 1 is 0.927 bits per heavy atom. The Bertz CT molecular complexity index is 1460. The lowest BCUT2D eigenvalue weighted by Gasteiger charge is -2.34. The number of halogens is 1. The molecule has 3 rings (SSSR count). The van der Waals surface area contributed by atoms with Crippen molar-refractivity contribution in [3.63, 3.8) is 0 Å². The number of carbonyl (C=O) groups is 3. The van der Waals surface area contributed by atoms with Gasteiger partial charge in [-0.15, -0.1) is 0 Å². The highest BCUT2D eigenvalue weighted by molar-refractivity contribution is 7.92. The lowest BCUT2D eigenvalue weighted by molar-refractivity contribution is -0.140. The van der Waals surface area contributed by atoms with Crippen molar-refractivity contribution in [1.29, 1.82) is 0 Å². The van der Waals surface area contributed by atoms with Crippen LogP contribution < -0.4 is 9.62 Å². The first kappa shape index (κ1) is 31.8. The lowest BCUT2D eigenvalue weighted by atomic mass is 10.0. The molecule has 0 saturated heterocycles. The first-order valence-electron chi connectivity index (χ1n) is 13.4. The number of Topliss-reactive ketones (excluding diaryl/α,β-unsaturated/α-hetero) is 1. The van der Waals surface area contributed by atoms with Gasteiger partial charge in [0.25, 0.3) is 0 Å². The summed E-state index contributed by atoms with van der Waals surface area (Å²) in [5.74, 6) is -1.14. The first-order chi connectivity index (χ1) is 19.4. The van der Waals surface area contributed by atoms with Crippen LogP contribution in [0, 0.1) is 0 Å². The maximum Gasteiger partial charge on any atom is 0.244 e. The van der Waals surface area contributed by atoms with E-state index in [1.807, 2.05) is 44.2 Å². The number of rotatable bonds is 13. The number of nitrogens with one attached hydrogen (secondary N) is 1. The number of nitrogens with zero attached hydrogens (tertiary/aromatic N) is 2. The highest BCUT2D eigenvalue weighted by Gasteiger charge is 2.33. The Hall–Kier alpha value is -3.69. The van der Waals surface area contributed by atoms with Gasteiger partial charge in [0.05, 0.1) is 11.9 Å². The molecule has 0 fully saturated rings. The zero-order valence-electron chi connectivity index (χ0n) is 23.7. The fourth-order valence-corrected chi connectivity index (χ4v) is 5.24. The molecule has 3 aromatic carbocycles. The molecule has 3 aromatic rings. The first-order valence-corrected chi connectivity index (χ1v) is 15.6. The predicted octanol–water partition coefficient (Wildman–Crippen LogP) is 4.86. The van der Waals surface area contributed by atoms with Gasteiger partial charge in [0.15, 0.2) is 5.78 Å². The summed E-state index contributed by atoms with van der Waals surface area (Å²) in [7, 11) is -3.94. The maximum atomic E-state index is 14.1. The molecular weight excluding hydrogens is 562 g/mol. The van der Waals surface area contributed by atoms with Crippen LogP contribution in [0.15, 0.2) is 78.9 Å². The van der Waals surface area contributed by atoms with E-state index in [2.05, 4.69) is 5.32 Å².